The van der Waals surface area contributed by atoms with Gasteiger partial charge in [-0.05, 0) is 17.7 Å². The van der Waals surface area contributed by atoms with Crippen molar-refractivity contribution in [3.8, 4) is 6.07 Å². The van der Waals surface area contributed by atoms with Gasteiger partial charge in [0.05, 0.1) is 11.1 Å². The van der Waals surface area contributed by atoms with Gasteiger partial charge in [0.25, 0.3) is 0 Å². The van der Waals surface area contributed by atoms with E-state index in [2.05, 4.69) is 10.3 Å². The monoisotopic (exact) mass is 247 g/mol. The zero-order chi connectivity index (χ0) is 12.1. The predicted octanol–water partition coefficient (Wildman–Crippen LogP) is 2.44. The van der Waals surface area contributed by atoms with Crippen LogP contribution >= 0.6 is 11.3 Å². The van der Waals surface area contributed by atoms with Gasteiger partial charge in [-0.25, -0.2) is 4.39 Å². The van der Waals surface area contributed by atoms with Crippen molar-refractivity contribution in [2.24, 2.45) is 0 Å². The first kappa shape index (κ1) is 11.7. The molecule has 0 bridgehead atoms. The Kier molecular flexibility index (Phi) is 3.81. The summed E-state index contributed by atoms with van der Waals surface area (Å²) in [6.45, 7) is 1.33. The number of rotatable bonds is 4. The Labute approximate surface area is 103 Å². The molecule has 5 heteroatoms. The van der Waals surface area contributed by atoms with Crippen LogP contribution in [0, 0.1) is 17.1 Å². The van der Waals surface area contributed by atoms with Gasteiger partial charge in [-0.2, -0.15) is 5.26 Å². The molecule has 0 saturated carbocycles. The van der Waals surface area contributed by atoms with Crippen molar-refractivity contribution in [2.75, 3.05) is 0 Å². The topological polar surface area (TPSA) is 48.7 Å². The van der Waals surface area contributed by atoms with Gasteiger partial charge >= 0.3 is 0 Å². The van der Waals surface area contributed by atoms with Gasteiger partial charge in [-0.3, -0.25) is 4.98 Å². The van der Waals surface area contributed by atoms with Crippen LogP contribution in [0.15, 0.2) is 29.9 Å². The number of aromatic nitrogens is 1. The van der Waals surface area contributed by atoms with Gasteiger partial charge in [-0.1, -0.05) is 6.07 Å². The quantitative estimate of drug-likeness (QED) is 0.902. The lowest BCUT2D eigenvalue weighted by atomic mass is 10.1. The van der Waals surface area contributed by atoms with Crippen LogP contribution in [0.1, 0.15) is 16.0 Å². The number of nitrogens with one attached hydrogen (secondary N) is 1. The summed E-state index contributed by atoms with van der Waals surface area (Å²) in [7, 11) is 0. The SMILES string of the molecule is N#Cc1cc(CNCc2cncs2)ccc1F. The maximum atomic E-state index is 13.1. The normalized spacial score (nSPS) is 10.1. The molecule has 1 N–H and O–H groups in total. The second kappa shape index (κ2) is 5.53. The molecule has 0 atom stereocenters. The van der Waals surface area contributed by atoms with Gasteiger partial charge < -0.3 is 5.32 Å². The molecule has 1 aromatic heterocycles. The third-order valence-electron chi connectivity index (χ3n) is 2.26. The smallest absolute Gasteiger partial charge is 0.140 e. The van der Waals surface area contributed by atoms with Gasteiger partial charge in [0.2, 0.25) is 0 Å². The molecule has 3 nitrogen and oxygen atoms in total. The standard InChI is InChI=1S/C12H10FN3S/c13-12-2-1-9(3-10(12)4-14)5-15-6-11-7-16-8-17-11/h1-3,7-8,15H,5-6H2. The summed E-state index contributed by atoms with van der Waals surface area (Å²) in [6, 6.07) is 6.39. The minimum absolute atomic E-state index is 0.0853. The van der Waals surface area contributed by atoms with Crippen molar-refractivity contribution in [2.45, 2.75) is 13.1 Å². The molecular formula is C12H10FN3S. The number of thiazole rings is 1. The molecule has 0 aliphatic heterocycles. The maximum Gasteiger partial charge on any atom is 0.140 e. The molecule has 0 aliphatic carbocycles. The van der Waals surface area contributed by atoms with Crippen LogP contribution < -0.4 is 5.32 Å². The highest BCUT2D eigenvalue weighted by Gasteiger charge is 2.02. The average molecular weight is 247 g/mol. The van der Waals surface area contributed by atoms with E-state index in [1.807, 2.05) is 12.3 Å². The second-order valence-electron chi connectivity index (χ2n) is 3.50. The molecule has 86 valence electrons. The van der Waals surface area contributed by atoms with Gasteiger partial charge in [0, 0.05) is 24.2 Å². The van der Waals surface area contributed by atoms with Crippen molar-refractivity contribution < 1.29 is 4.39 Å². The molecule has 0 amide bonds. The average Bonchev–Trinajstić information content (AvgIpc) is 2.84. The van der Waals surface area contributed by atoms with Crippen molar-refractivity contribution in [1.82, 2.24) is 10.3 Å². The fraction of sp³-hybridized carbons (Fsp3) is 0.167. The summed E-state index contributed by atoms with van der Waals surface area (Å²) in [4.78, 5) is 5.12. The Hall–Kier alpha value is -1.77. The molecule has 0 saturated heterocycles. The first-order valence-corrected chi connectivity index (χ1v) is 5.94. The Morgan fingerprint density at radius 3 is 3.00 bits per heavy atom. The Morgan fingerprint density at radius 2 is 2.29 bits per heavy atom. The third kappa shape index (κ3) is 3.09. The van der Waals surface area contributed by atoms with Crippen LogP contribution in [0.5, 0.6) is 0 Å². The molecular weight excluding hydrogens is 237 g/mol. The predicted molar refractivity (Wildman–Crippen MR) is 63.8 cm³/mol. The molecule has 0 aliphatic rings. The minimum atomic E-state index is -0.473. The molecule has 0 radical (unpaired) electrons. The summed E-state index contributed by atoms with van der Waals surface area (Å²) >= 11 is 1.58. The highest BCUT2D eigenvalue weighted by Crippen LogP contribution is 2.10. The second-order valence-corrected chi connectivity index (χ2v) is 4.47. The lowest BCUT2D eigenvalue weighted by Gasteiger charge is -2.04. The molecule has 2 aromatic rings. The Bertz CT molecular complexity index is 531. The lowest BCUT2D eigenvalue weighted by molar-refractivity contribution is 0.621. The van der Waals surface area contributed by atoms with E-state index in [9.17, 15) is 4.39 Å². The van der Waals surface area contributed by atoms with Crippen LogP contribution in [-0.4, -0.2) is 4.98 Å². The zero-order valence-corrected chi connectivity index (χ0v) is 9.80. The molecule has 0 unspecified atom stereocenters. The first-order valence-electron chi connectivity index (χ1n) is 5.06. The molecule has 0 spiro atoms. The number of halogens is 1. The van der Waals surface area contributed by atoms with E-state index in [0.29, 0.717) is 6.54 Å². The molecule has 17 heavy (non-hydrogen) atoms. The van der Waals surface area contributed by atoms with E-state index in [4.69, 9.17) is 5.26 Å². The van der Waals surface area contributed by atoms with Gasteiger partial charge in [-0.15, -0.1) is 11.3 Å². The van der Waals surface area contributed by atoms with Crippen LogP contribution in [0.4, 0.5) is 4.39 Å². The highest BCUT2D eigenvalue weighted by atomic mass is 32.1. The van der Waals surface area contributed by atoms with E-state index in [1.54, 1.807) is 29.0 Å². The van der Waals surface area contributed by atoms with Gasteiger partial charge in [0.15, 0.2) is 0 Å². The van der Waals surface area contributed by atoms with E-state index >= 15 is 0 Å². The first-order chi connectivity index (χ1) is 8.29. The summed E-state index contributed by atoms with van der Waals surface area (Å²) < 4.78 is 13.1. The van der Waals surface area contributed by atoms with Crippen LogP contribution in [-0.2, 0) is 13.1 Å². The molecule has 1 aromatic carbocycles. The summed E-state index contributed by atoms with van der Waals surface area (Å²) in [5.41, 5.74) is 2.76. The zero-order valence-electron chi connectivity index (χ0n) is 8.98. The van der Waals surface area contributed by atoms with Crippen LogP contribution in [0.25, 0.3) is 0 Å². The van der Waals surface area contributed by atoms with Crippen LogP contribution in [0.2, 0.25) is 0 Å². The van der Waals surface area contributed by atoms with E-state index in [-0.39, 0.29) is 5.56 Å². The molecule has 1 heterocycles. The minimum Gasteiger partial charge on any atom is -0.308 e. The Balaban J connectivity index is 1.93. The molecule has 2 rings (SSSR count). The summed E-state index contributed by atoms with van der Waals surface area (Å²) in [5, 5.41) is 11.9. The van der Waals surface area contributed by atoms with Gasteiger partial charge in [0.1, 0.15) is 11.9 Å². The highest BCUT2D eigenvalue weighted by molar-refractivity contribution is 7.09. The Morgan fingerprint density at radius 1 is 1.41 bits per heavy atom. The largest absolute Gasteiger partial charge is 0.308 e. The van der Waals surface area contributed by atoms with Crippen molar-refractivity contribution in [3.05, 3.63) is 51.7 Å². The fourth-order valence-electron chi connectivity index (χ4n) is 1.43. The fourth-order valence-corrected chi connectivity index (χ4v) is 1.99. The summed E-state index contributed by atoms with van der Waals surface area (Å²) in [6.07, 6.45) is 1.81. The van der Waals surface area contributed by atoms with Crippen molar-refractivity contribution in [1.29, 1.82) is 5.26 Å². The number of nitrogens with zero attached hydrogens (tertiary/aromatic N) is 2. The summed E-state index contributed by atoms with van der Waals surface area (Å²) in [5.74, 6) is -0.473. The van der Waals surface area contributed by atoms with Crippen molar-refractivity contribution >= 4 is 11.3 Å². The van der Waals surface area contributed by atoms with E-state index in [0.717, 1.165) is 17.0 Å². The maximum absolute atomic E-state index is 13.1. The number of hydrogen-bond acceptors (Lipinski definition) is 4. The van der Waals surface area contributed by atoms with E-state index < -0.39 is 5.82 Å². The number of nitriles is 1. The lowest BCUT2D eigenvalue weighted by Crippen LogP contribution is -2.12. The van der Waals surface area contributed by atoms with Crippen LogP contribution in [0.3, 0.4) is 0 Å². The third-order valence-corrected chi connectivity index (χ3v) is 3.04. The molecule has 0 fully saturated rings. The number of benzene rings is 1. The number of hydrogen-bond donors (Lipinski definition) is 1. The van der Waals surface area contributed by atoms with E-state index in [1.165, 1.54) is 6.07 Å². The van der Waals surface area contributed by atoms with Crippen molar-refractivity contribution in [3.63, 3.8) is 0 Å².